The molecule has 0 aliphatic heterocycles. The molecular weight excluding hydrogens is 256 g/mol. The van der Waals surface area contributed by atoms with Crippen LogP contribution in [0.5, 0.6) is 0 Å². The van der Waals surface area contributed by atoms with E-state index < -0.39 is 0 Å². The highest BCUT2D eigenvalue weighted by atomic mass is 35.5. The van der Waals surface area contributed by atoms with Gasteiger partial charge in [-0.25, -0.2) is 0 Å². The zero-order valence-electron chi connectivity index (χ0n) is 10.1. The first-order valence-electron chi connectivity index (χ1n) is 6.01. The molecule has 0 aliphatic carbocycles. The highest BCUT2D eigenvalue weighted by molar-refractivity contribution is 6.54. The van der Waals surface area contributed by atoms with Gasteiger partial charge >= 0.3 is 0 Å². The summed E-state index contributed by atoms with van der Waals surface area (Å²) in [5.74, 6) is 0.222. The molecule has 0 amide bonds. The van der Waals surface area contributed by atoms with E-state index in [4.69, 9.17) is 4.79 Å². The molecule has 0 radical (unpaired) electrons. The molecule has 0 unspecified atom stereocenters. The predicted molar refractivity (Wildman–Crippen MR) is 82.7 cm³/mol. The van der Waals surface area contributed by atoms with Crippen LogP contribution in [0.4, 0.5) is 0 Å². The van der Waals surface area contributed by atoms with Crippen molar-refractivity contribution in [3.8, 4) is 0 Å². The van der Waals surface area contributed by atoms with Gasteiger partial charge in [0.05, 0.1) is 0 Å². The lowest BCUT2D eigenvalue weighted by Crippen LogP contribution is -1.82. The van der Waals surface area contributed by atoms with E-state index in [-0.39, 0.29) is 5.75 Å². The molecule has 0 atom stereocenters. The number of rotatable bonds is 0. The van der Waals surface area contributed by atoms with Crippen LogP contribution in [0.3, 0.4) is 0 Å². The molecule has 19 heavy (non-hydrogen) atoms. The first-order valence-corrected chi connectivity index (χ1v) is 6.45. The summed E-state index contributed by atoms with van der Waals surface area (Å²) in [5.41, 5.74) is 0. The van der Waals surface area contributed by atoms with Crippen LogP contribution in [0.2, 0.25) is 0 Å². The van der Waals surface area contributed by atoms with Gasteiger partial charge in [-0.05, 0) is 43.9 Å². The lowest BCUT2D eigenvalue weighted by atomic mass is 9.95. The van der Waals surface area contributed by atoms with E-state index in [0.29, 0.717) is 0 Å². The average molecular weight is 267 g/mol. The third-order valence-corrected chi connectivity index (χ3v) is 3.39. The van der Waals surface area contributed by atoms with Crippen LogP contribution < -0.4 is 0 Å². The smallest absolute Gasteiger partial charge is 0.208 e. The Hall–Kier alpha value is -2.12. The molecule has 0 bridgehead atoms. The highest BCUT2D eigenvalue weighted by Crippen LogP contribution is 2.33. The summed E-state index contributed by atoms with van der Waals surface area (Å²) in [6, 6.07) is 21.9. The lowest BCUT2D eigenvalue weighted by molar-refractivity contribution is 0.569. The molecule has 4 rings (SSSR count). The van der Waals surface area contributed by atoms with Gasteiger partial charge in [0.2, 0.25) is 5.75 Å². The van der Waals surface area contributed by atoms with Gasteiger partial charge in [-0.3, -0.25) is 4.79 Å². The molecule has 4 aromatic rings. The number of carbonyl (C=O) groups is 1. The predicted octanol–water partition coefficient (Wildman–Crippen LogP) is 5.00. The van der Waals surface area contributed by atoms with Gasteiger partial charge in [-0.15, -0.1) is 0 Å². The highest BCUT2D eigenvalue weighted by Gasteiger charge is 2.05. The van der Waals surface area contributed by atoms with E-state index >= 15 is 0 Å². The maximum Gasteiger partial charge on any atom is 0.208 e. The summed E-state index contributed by atoms with van der Waals surface area (Å²) in [7, 11) is 0. The number of hydrogen-bond donors (Lipinski definition) is 0. The summed E-state index contributed by atoms with van der Waals surface area (Å²) in [4.78, 5) is 8.57. The molecular formula is C17H11ClO. The first-order chi connectivity index (χ1) is 9.35. The van der Waals surface area contributed by atoms with Crippen molar-refractivity contribution in [2.24, 2.45) is 0 Å². The summed E-state index contributed by atoms with van der Waals surface area (Å²) in [5, 5.41) is 8.14. The number of benzene rings is 4. The molecule has 0 spiro atoms. The standard InChI is InChI=1S/C16H10.CHClO/c1-3-11-7-9-13-5-2-6-14-10-8-12(4-1)15(11)16(13)14;2-1-3/h1-10H;1H. The fraction of sp³-hybridized carbons (Fsp3) is 0. The van der Waals surface area contributed by atoms with Crippen molar-refractivity contribution in [3.63, 3.8) is 0 Å². The van der Waals surface area contributed by atoms with Crippen molar-refractivity contribution in [1.29, 1.82) is 0 Å². The zero-order valence-corrected chi connectivity index (χ0v) is 10.9. The Morgan fingerprint density at radius 2 is 0.895 bits per heavy atom. The number of hydrogen-bond acceptors (Lipinski definition) is 1. The second-order valence-corrected chi connectivity index (χ2v) is 4.56. The van der Waals surface area contributed by atoms with Crippen LogP contribution >= 0.6 is 11.6 Å². The zero-order chi connectivity index (χ0) is 13.2. The second-order valence-electron chi connectivity index (χ2n) is 4.38. The van der Waals surface area contributed by atoms with Crippen molar-refractivity contribution in [2.75, 3.05) is 0 Å². The Balaban J connectivity index is 0.000000339. The van der Waals surface area contributed by atoms with Gasteiger partial charge in [-0.1, -0.05) is 60.7 Å². The molecule has 0 saturated heterocycles. The van der Waals surface area contributed by atoms with Crippen molar-refractivity contribution in [1.82, 2.24) is 0 Å². The topological polar surface area (TPSA) is 17.1 Å². The molecule has 0 saturated carbocycles. The summed E-state index contributed by atoms with van der Waals surface area (Å²) < 4.78 is 0. The Kier molecular flexibility index (Phi) is 3.06. The molecule has 4 aromatic carbocycles. The molecule has 0 fully saturated rings. The van der Waals surface area contributed by atoms with E-state index in [1.54, 1.807) is 0 Å². The van der Waals surface area contributed by atoms with E-state index in [0.717, 1.165) is 0 Å². The molecule has 0 aliphatic rings. The summed E-state index contributed by atoms with van der Waals surface area (Å²) in [6.07, 6.45) is 0. The van der Waals surface area contributed by atoms with Gasteiger partial charge in [0.15, 0.2) is 0 Å². The van der Waals surface area contributed by atoms with Gasteiger partial charge in [0, 0.05) is 0 Å². The minimum atomic E-state index is 0.222. The van der Waals surface area contributed by atoms with E-state index in [1.807, 2.05) is 0 Å². The normalized spacial score (nSPS) is 10.6. The average Bonchev–Trinajstić information content (AvgIpc) is 2.46. The lowest BCUT2D eigenvalue weighted by Gasteiger charge is -2.09. The maximum absolute atomic E-state index is 8.57. The van der Waals surface area contributed by atoms with Crippen LogP contribution in [0.1, 0.15) is 0 Å². The Morgan fingerprint density at radius 3 is 1.16 bits per heavy atom. The molecule has 0 N–H and O–H groups in total. The Morgan fingerprint density at radius 1 is 0.632 bits per heavy atom. The van der Waals surface area contributed by atoms with Crippen LogP contribution in [-0.4, -0.2) is 5.75 Å². The minimum absolute atomic E-state index is 0.222. The monoisotopic (exact) mass is 266 g/mol. The maximum atomic E-state index is 8.57. The largest absolute Gasteiger partial charge is 0.285 e. The first kappa shape index (κ1) is 11.9. The fourth-order valence-electron chi connectivity index (χ4n) is 2.67. The van der Waals surface area contributed by atoms with Crippen LogP contribution in [-0.2, 0) is 4.79 Å². The van der Waals surface area contributed by atoms with Crippen molar-refractivity contribution in [2.45, 2.75) is 0 Å². The molecule has 0 heterocycles. The van der Waals surface area contributed by atoms with Gasteiger partial charge in [-0.2, -0.15) is 0 Å². The minimum Gasteiger partial charge on any atom is -0.285 e. The third-order valence-electron chi connectivity index (χ3n) is 3.39. The van der Waals surface area contributed by atoms with E-state index in [2.05, 4.69) is 72.3 Å². The third kappa shape index (κ3) is 1.92. The van der Waals surface area contributed by atoms with Gasteiger partial charge in [0.1, 0.15) is 0 Å². The number of halogens is 1. The van der Waals surface area contributed by atoms with Crippen LogP contribution in [0.15, 0.2) is 60.7 Å². The summed E-state index contributed by atoms with van der Waals surface area (Å²) >= 11 is 4.32. The number of carbonyl (C=O) groups excluding carboxylic acids is 1. The SMILES string of the molecule is O=CCl.c1cc2ccc3cccc4ccc(c1)c2c34. The quantitative estimate of drug-likeness (QED) is 0.249. The molecule has 2 heteroatoms. The molecule has 0 aromatic heterocycles. The van der Waals surface area contributed by atoms with Gasteiger partial charge in [0.25, 0.3) is 0 Å². The summed E-state index contributed by atoms with van der Waals surface area (Å²) in [6.45, 7) is 0. The molecule has 1 nitrogen and oxygen atoms in total. The van der Waals surface area contributed by atoms with Crippen LogP contribution in [0.25, 0.3) is 32.3 Å². The van der Waals surface area contributed by atoms with Gasteiger partial charge < -0.3 is 0 Å². The van der Waals surface area contributed by atoms with E-state index in [9.17, 15) is 0 Å². The Labute approximate surface area is 115 Å². The Bertz CT molecular complexity index is 721. The van der Waals surface area contributed by atoms with Crippen molar-refractivity contribution < 1.29 is 4.79 Å². The van der Waals surface area contributed by atoms with Crippen molar-refractivity contribution >= 4 is 49.7 Å². The molecule has 92 valence electrons. The van der Waals surface area contributed by atoms with Crippen LogP contribution in [0, 0.1) is 0 Å². The second kappa shape index (κ2) is 4.87. The fourth-order valence-corrected chi connectivity index (χ4v) is 2.67. The van der Waals surface area contributed by atoms with Crippen molar-refractivity contribution in [3.05, 3.63) is 60.7 Å². The van der Waals surface area contributed by atoms with E-state index in [1.165, 1.54) is 32.3 Å².